The number of benzene rings is 2. The molecule has 1 aliphatic heterocycles. The van der Waals surface area contributed by atoms with Gasteiger partial charge in [-0.05, 0) is 48.6 Å². The topological polar surface area (TPSA) is 110 Å². The number of carbonyl (C=O) groups is 2. The van der Waals surface area contributed by atoms with E-state index in [4.69, 9.17) is 5.14 Å². The molecule has 1 aliphatic rings. The average Bonchev–Trinajstić information content (AvgIpc) is 2.79. The van der Waals surface area contributed by atoms with Crippen molar-refractivity contribution in [2.75, 3.05) is 18.4 Å². The smallest absolute Gasteiger partial charge is 0.238 e. The largest absolute Gasteiger partial charge is 0.342 e. The summed E-state index contributed by atoms with van der Waals surface area (Å²) < 4.78 is 22.7. The number of thioether (sulfide) groups is 1. The van der Waals surface area contributed by atoms with E-state index in [1.165, 1.54) is 29.8 Å². The van der Waals surface area contributed by atoms with Crippen LogP contribution in [0.15, 0.2) is 59.5 Å². The number of rotatable bonds is 8. The van der Waals surface area contributed by atoms with Crippen LogP contribution < -0.4 is 10.5 Å². The molecule has 7 nitrogen and oxygen atoms in total. The maximum absolute atomic E-state index is 13.2. The summed E-state index contributed by atoms with van der Waals surface area (Å²) in [6, 6.07) is 15.9. The molecule has 0 radical (unpaired) electrons. The van der Waals surface area contributed by atoms with Gasteiger partial charge in [0.15, 0.2) is 0 Å². The minimum atomic E-state index is -3.77. The molecule has 1 atom stereocenters. The van der Waals surface area contributed by atoms with Gasteiger partial charge in [-0.25, -0.2) is 13.6 Å². The minimum Gasteiger partial charge on any atom is -0.342 e. The fourth-order valence-corrected chi connectivity index (χ4v) is 5.58. The first-order chi connectivity index (χ1) is 15.6. The molecule has 2 amide bonds. The van der Waals surface area contributed by atoms with E-state index in [0.29, 0.717) is 31.6 Å². The lowest BCUT2D eigenvalue weighted by molar-refractivity contribution is -0.134. The minimum absolute atomic E-state index is 0.00263. The number of amides is 2. The highest BCUT2D eigenvalue weighted by Gasteiger charge is 2.32. The normalized spacial score (nSPS) is 15.9. The third-order valence-electron chi connectivity index (χ3n) is 5.75. The van der Waals surface area contributed by atoms with Crippen molar-refractivity contribution in [2.45, 2.75) is 42.6 Å². The van der Waals surface area contributed by atoms with Crippen molar-refractivity contribution in [1.29, 1.82) is 0 Å². The molecule has 0 bridgehead atoms. The van der Waals surface area contributed by atoms with E-state index < -0.39 is 10.0 Å². The number of primary sulfonamides is 1. The van der Waals surface area contributed by atoms with Crippen LogP contribution in [-0.2, 0) is 25.4 Å². The Balaban J connectivity index is 1.52. The molecule has 2 aromatic carbocycles. The molecule has 3 N–H and O–H groups in total. The molecule has 0 aliphatic carbocycles. The Bertz CT molecular complexity index is 1050. The lowest BCUT2D eigenvalue weighted by Gasteiger charge is -2.34. The van der Waals surface area contributed by atoms with Crippen LogP contribution in [0.4, 0.5) is 5.69 Å². The second-order valence-corrected chi connectivity index (χ2v) is 11.3. The summed E-state index contributed by atoms with van der Waals surface area (Å²) in [5.41, 5.74) is 1.72. The van der Waals surface area contributed by atoms with Gasteiger partial charge in [-0.3, -0.25) is 9.59 Å². The predicted octanol–water partition coefficient (Wildman–Crippen LogP) is 3.47. The Morgan fingerprint density at radius 1 is 1.06 bits per heavy atom. The standard InChI is InChI=1S/C24H31N3O4S2/c1-17(2)22(32-16-18-6-4-3-5-7-18)24(29)27-14-12-19(13-15-27)23(28)26-20-8-10-21(11-9-20)33(25,30)31/h3-11,17,19,22H,12-16H2,1-2H3,(H,26,28)(H2,25,30,31). The second-order valence-electron chi connectivity index (χ2n) is 8.62. The van der Waals surface area contributed by atoms with E-state index in [1.807, 2.05) is 23.1 Å². The quantitative estimate of drug-likeness (QED) is 0.590. The Kier molecular flexibility index (Phi) is 8.56. The number of nitrogens with zero attached hydrogens (tertiary/aromatic N) is 1. The number of sulfonamides is 1. The van der Waals surface area contributed by atoms with Crippen LogP contribution in [0.25, 0.3) is 0 Å². The average molecular weight is 490 g/mol. The van der Waals surface area contributed by atoms with Crippen LogP contribution in [0.5, 0.6) is 0 Å². The zero-order chi connectivity index (χ0) is 24.0. The van der Waals surface area contributed by atoms with Gasteiger partial charge in [-0.15, -0.1) is 11.8 Å². The molecule has 0 saturated carbocycles. The monoisotopic (exact) mass is 489 g/mol. The first-order valence-electron chi connectivity index (χ1n) is 11.0. The first-order valence-corrected chi connectivity index (χ1v) is 13.6. The van der Waals surface area contributed by atoms with Crippen LogP contribution in [0.1, 0.15) is 32.3 Å². The van der Waals surface area contributed by atoms with Crippen LogP contribution in [-0.4, -0.2) is 43.5 Å². The van der Waals surface area contributed by atoms with E-state index in [2.05, 4.69) is 31.3 Å². The van der Waals surface area contributed by atoms with Gasteiger partial charge in [0.2, 0.25) is 21.8 Å². The molecule has 33 heavy (non-hydrogen) atoms. The van der Waals surface area contributed by atoms with Crippen molar-refractivity contribution >= 4 is 39.3 Å². The highest BCUT2D eigenvalue weighted by atomic mass is 32.2. The van der Waals surface area contributed by atoms with Gasteiger partial charge in [0.25, 0.3) is 0 Å². The van der Waals surface area contributed by atoms with Crippen molar-refractivity contribution < 1.29 is 18.0 Å². The van der Waals surface area contributed by atoms with Gasteiger partial charge in [0.05, 0.1) is 10.1 Å². The molecule has 1 saturated heterocycles. The Morgan fingerprint density at radius 2 is 1.67 bits per heavy atom. The van der Waals surface area contributed by atoms with Crippen LogP contribution >= 0.6 is 11.8 Å². The lowest BCUT2D eigenvalue weighted by Crippen LogP contribution is -2.46. The van der Waals surface area contributed by atoms with Gasteiger partial charge >= 0.3 is 0 Å². The summed E-state index contributed by atoms with van der Waals surface area (Å²) in [5, 5.41) is 7.82. The summed E-state index contributed by atoms with van der Waals surface area (Å²) in [6.07, 6.45) is 1.20. The van der Waals surface area contributed by atoms with E-state index >= 15 is 0 Å². The van der Waals surface area contributed by atoms with Crippen molar-refractivity contribution in [3.8, 4) is 0 Å². The highest BCUT2D eigenvalue weighted by molar-refractivity contribution is 7.99. The predicted molar refractivity (Wildman–Crippen MR) is 132 cm³/mol. The van der Waals surface area contributed by atoms with Crippen LogP contribution in [0, 0.1) is 11.8 Å². The van der Waals surface area contributed by atoms with Crippen molar-refractivity contribution in [3.63, 3.8) is 0 Å². The zero-order valence-electron chi connectivity index (χ0n) is 18.9. The van der Waals surface area contributed by atoms with Gasteiger partial charge in [0, 0.05) is 30.4 Å². The summed E-state index contributed by atoms with van der Waals surface area (Å²) in [7, 11) is -3.77. The molecule has 9 heteroatoms. The second kappa shape index (κ2) is 11.2. The number of nitrogens with one attached hydrogen (secondary N) is 1. The molecule has 1 fully saturated rings. The molecule has 1 unspecified atom stereocenters. The molecular weight excluding hydrogens is 458 g/mol. The molecule has 3 rings (SSSR count). The van der Waals surface area contributed by atoms with Crippen molar-refractivity contribution in [3.05, 3.63) is 60.2 Å². The fourth-order valence-electron chi connectivity index (χ4n) is 3.82. The number of carbonyl (C=O) groups excluding carboxylic acids is 2. The maximum atomic E-state index is 13.2. The molecule has 0 aromatic heterocycles. The van der Waals surface area contributed by atoms with Gasteiger partial charge in [-0.1, -0.05) is 44.2 Å². The fraction of sp³-hybridized carbons (Fsp3) is 0.417. The summed E-state index contributed by atoms with van der Waals surface area (Å²) in [6.45, 7) is 5.25. The van der Waals surface area contributed by atoms with E-state index in [9.17, 15) is 18.0 Å². The number of hydrogen-bond donors (Lipinski definition) is 2. The van der Waals surface area contributed by atoms with Gasteiger partial charge in [-0.2, -0.15) is 0 Å². The zero-order valence-corrected chi connectivity index (χ0v) is 20.6. The molecule has 0 spiro atoms. The Labute approximate surface area is 200 Å². The SMILES string of the molecule is CC(C)C(SCc1ccccc1)C(=O)N1CCC(C(=O)Nc2ccc(S(N)(=O)=O)cc2)CC1. The lowest BCUT2D eigenvalue weighted by atomic mass is 9.95. The summed E-state index contributed by atoms with van der Waals surface area (Å²) in [5.74, 6) is 0.833. The molecule has 178 valence electrons. The molecule has 1 heterocycles. The number of piperidine rings is 1. The first kappa shape index (κ1) is 25.3. The Hall–Kier alpha value is -2.36. The van der Waals surface area contributed by atoms with Gasteiger partial charge < -0.3 is 10.2 Å². The summed E-state index contributed by atoms with van der Waals surface area (Å²) >= 11 is 1.67. The molecule has 2 aromatic rings. The number of hydrogen-bond acceptors (Lipinski definition) is 5. The summed E-state index contributed by atoms with van der Waals surface area (Å²) in [4.78, 5) is 27.7. The van der Waals surface area contributed by atoms with E-state index in [1.54, 1.807) is 11.8 Å². The van der Waals surface area contributed by atoms with E-state index in [-0.39, 0.29) is 33.8 Å². The van der Waals surface area contributed by atoms with Crippen molar-refractivity contribution in [2.24, 2.45) is 17.0 Å². The van der Waals surface area contributed by atoms with Crippen LogP contribution in [0.2, 0.25) is 0 Å². The van der Waals surface area contributed by atoms with Crippen LogP contribution in [0.3, 0.4) is 0 Å². The third kappa shape index (κ3) is 7.06. The Morgan fingerprint density at radius 3 is 2.21 bits per heavy atom. The molecular formula is C24H31N3O4S2. The number of anilines is 1. The maximum Gasteiger partial charge on any atom is 0.238 e. The number of likely N-dealkylation sites (tertiary alicyclic amines) is 1. The van der Waals surface area contributed by atoms with Gasteiger partial charge in [0.1, 0.15) is 0 Å². The van der Waals surface area contributed by atoms with E-state index in [0.717, 1.165) is 5.75 Å². The number of nitrogens with two attached hydrogens (primary N) is 1. The third-order valence-corrected chi connectivity index (χ3v) is 8.28. The highest BCUT2D eigenvalue weighted by Crippen LogP contribution is 2.28. The van der Waals surface area contributed by atoms with Crippen molar-refractivity contribution in [1.82, 2.24) is 4.90 Å².